The molecule has 2 N–H and O–H groups in total. The first-order valence-corrected chi connectivity index (χ1v) is 7.91. The SMILES string of the molecule is CN(CC(=O)Nc1ccc(Cl)c(Cl)c1)C(=O)CNCC1CC1.Cl. The highest BCUT2D eigenvalue weighted by atomic mass is 35.5. The first-order chi connectivity index (χ1) is 10.5. The summed E-state index contributed by atoms with van der Waals surface area (Å²) in [7, 11) is 1.61. The molecule has 1 aromatic carbocycles. The second-order valence-electron chi connectivity index (χ2n) is 5.50. The Balaban J connectivity index is 0.00000264. The number of amides is 2. The normalized spacial score (nSPS) is 13.2. The molecule has 1 aromatic rings. The maximum atomic E-state index is 11.9. The largest absolute Gasteiger partial charge is 0.335 e. The zero-order valence-corrected chi connectivity index (χ0v) is 15.1. The maximum absolute atomic E-state index is 11.9. The fraction of sp³-hybridized carbons (Fsp3) is 0.467. The molecule has 1 aliphatic rings. The maximum Gasteiger partial charge on any atom is 0.243 e. The number of nitrogens with one attached hydrogen (secondary N) is 2. The van der Waals surface area contributed by atoms with E-state index < -0.39 is 0 Å². The third kappa shape index (κ3) is 6.96. The Bertz CT molecular complexity index is 565. The molecule has 5 nitrogen and oxygen atoms in total. The molecule has 0 bridgehead atoms. The number of hydrogen-bond donors (Lipinski definition) is 2. The number of nitrogens with zero attached hydrogens (tertiary/aromatic N) is 1. The van der Waals surface area contributed by atoms with E-state index in [9.17, 15) is 9.59 Å². The van der Waals surface area contributed by atoms with Crippen LogP contribution in [0.2, 0.25) is 10.0 Å². The van der Waals surface area contributed by atoms with Crippen molar-refractivity contribution in [2.75, 3.05) is 32.0 Å². The molecule has 2 rings (SSSR count). The molecule has 0 heterocycles. The number of carbonyl (C=O) groups is 2. The quantitative estimate of drug-likeness (QED) is 0.764. The Morgan fingerprint density at radius 3 is 2.57 bits per heavy atom. The molecule has 2 amide bonds. The van der Waals surface area contributed by atoms with Crippen molar-refractivity contribution in [3.05, 3.63) is 28.2 Å². The van der Waals surface area contributed by atoms with Crippen LogP contribution in [-0.4, -0.2) is 43.4 Å². The van der Waals surface area contributed by atoms with Crippen LogP contribution in [0.3, 0.4) is 0 Å². The van der Waals surface area contributed by atoms with Crippen molar-refractivity contribution in [2.45, 2.75) is 12.8 Å². The van der Waals surface area contributed by atoms with Gasteiger partial charge < -0.3 is 15.5 Å². The van der Waals surface area contributed by atoms with Gasteiger partial charge in [-0.05, 0) is 43.5 Å². The first kappa shape index (κ1) is 20.0. The summed E-state index contributed by atoms with van der Waals surface area (Å²) in [5.41, 5.74) is 0.548. The van der Waals surface area contributed by atoms with E-state index in [1.165, 1.54) is 17.7 Å². The summed E-state index contributed by atoms with van der Waals surface area (Å²) in [6.45, 7) is 1.12. The molecule has 0 unspecified atom stereocenters. The van der Waals surface area contributed by atoms with Crippen molar-refractivity contribution in [2.24, 2.45) is 5.92 Å². The Labute approximate surface area is 152 Å². The third-order valence-corrected chi connectivity index (χ3v) is 4.16. The lowest BCUT2D eigenvalue weighted by atomic mass is 10.3. The molecular formula is C15H20Cl3N3O2. The summed E-state index contributed by atoms with van der Waals surface area (Å²) in [4.78, 5) is 25.2. The van der Waals surface area contributed by atoms with Gasteiger partial charge in [-0.15, -0.1) is 12.4 Å². The molecule has 23 heavy (non-hydrogen) atoms. The second kappa shape index (κ2) is 9.33. The highest BCUT2D eigenvalue weighted by Gasteiger charge is 2.21. The number of hydrogen-bond acceptors (Lipinski definition) is 3. The summed E-state index contributed by atoms with van der Waals surface area (Å²) >= 11 is 11.7. The number of anilines is 1. The molecular weight excluding hydrogens is 361 g/mol. The number of rotatable bonds is 7. The Morgan fingerprint density at radius 2 is 1.96 bits per heavy atom. The van der Waals surface area contributed by atoms with Gasteiger partial charge >= 0.3 is 0 Å². The van der Waals surface area contributed by atoms with Crippen molar-refractivity contribution in [1.29, 1.82) is 0 Å². The van der Waals surface area contributed by atoms with Crippen LogP contribution in [0.25, 0.3) is 0 Å². The average Bonchev–Trinajstić information content (AvgIpc) is 3.26. The molecule has 1 fully saturated rings. The summed E-state index contributed by atoms with van der Waals surface area (Å²) in [5, 5.41) is 6.59. The molecule has 0 saturated heterocycles. The fourth-order valence-electron chi connectivity index (χ4n) is 1.92. The number of carbonyl (C=O) groups excluding carboxylic acids is 2. The predicted octanol–water partition coefficient (Wildman–Crippen LogP) is 2.81. The summed E-state index contributed by atoms with van der Waals surface area (Å²) in [6, 6.07) is 4.84. The third-order valence-electron chi connectivity index (χ3n) is 3.42. The van der Waals surface area contributed by atoms with Gasteiger partial charge in [0, 0.05) is 12.7 Å². The zero-order chi connectivity index (χ0) is 16.1. The van der Waals surface area contributed by atoms with Crippen LogP contribution >= 0.6 is 35.6 Å². The number of likely N-dealkylation sites (N-methyl/N-ethyl adjacent to an activating group) is 1. The molecule has 0 aromatic heterocycles. The Kier molecular flexibility index (Phi) is 8.12. The van der Waals surface area contributed by atoms with Crippen molar-refractivity contribution < 1.29 is 9.59 Å². The first-order valence-electron chi connectivity index (χ1n) is 7.15. The van der Waals surface area contributed by atoms with Crippen LogP contribution < -0.4 is 10.6 Å². The minimum absolute atomic E-state index is 0. The van der Waals surface area contributed by atoms with Gasteiger partial charge in [-0.1, -0.05) is 23.2 Å². The summed E-state index contributed by atoms with van der Waals surface area (Å²) in [6.07, 6.45) is 2.48. The molecule has 0 aliphatic heterocycles. The van der Waals surface area contributed by atoms with E-state index in [1.54, 1.807) is 25.2 Å². The molecule has 1 saturated carbocycles. The highest BCUT2D eigenvalue weighted by molar-refractivity contribution is 6.42. The minimum Gasteiger partial charge on any atom is -0.335 e. The van der Waals surface area contributed by atoms with Gasteiger partial charge in [-0.3, -0.25) is 9.59 Å². The van der Waals surface area contributed by atoms with Gasteiger partial charge in [-0.25, -0.2) is 0 Å². The lowest BCUT2D eigenvalue weighted by molar-refractivity contribution is -0.132. The van der Waals surface area contributed by atoms with Crippen molar-refractivity contribution in [3.63, 3.8) is 0 Å². The van der Waals surface area contributed by atoms with Crippen molar-refractivity contribution in [1.82, 2.24) is 10.2 Å². The van der Waals surface area contributed by atoms with E-state index in [4.69, 9.17) is 23.2 Å². The number of benzene rings is 1. The van der Waals surface area contributed by atoms with Gasteiger partial charge in [0.2, 0.25) is 11.8 Å². The smallest absolute Gasteiger partial charge is 0.243 e. The van der Waals surface area contributed by atoms with Crippen LogP contribution in [0.5, 0.6) is 0 Å². The summed E-state index contributed by atoms with van der Waals surface area (Å²) in [5.74, 6) is 0.331. The molecule has 1 aliphatic carbocycles. The zero-order valence-electron chi connectivity index (χ0n) is 12.8. The van der Waals surface area contributed by atoms with E-state index >= 15 is 0 Å². The van der Waals surface area contributed by atoms with Crippen LogP contribution in [0.4, 0.5) is 5.69 Å². The van der Waals surface area contributed by atoms with Crippen molar-refractivity contribution in [3.8, 4) is 0 Å². The predicted molar refractivity (Wildman–Crippen MR) is 95.6 cm³/mol. The molecule has 128 valence electrons. The molecule has 0 radical (unpaired) electrons. The van der Waals surface area contributed by atoms with Crippen LogP contribution in [0, 0.1) is 5.92 Å². The van der Waals surface area contributed by atoms with Crippen LogP contribution in [0.15, 0.2) is 18.2 Å². The lowest BCUT2D eigenvalue weighted by Gasteiger charge is -2.17. The lowest BCUT2D eigenvalue weighted by Crippen LogP contribution is -2.40. The van der Waals surface area contributed by atoms with E-state index in [1.807, 2.05) is 0 Å². The fourth-order valence-corrected chi connectivity index (χ4v) is 2.22. The van der Waals surface area contributed by atoms with E-state index in [0.717, 1.165) is 12.5 Å². The highest BCUT2D eigenvalue weighted by Crippen LogP contribution is 2.27. The van der Waals surface area contributed by atoms with Gasteiger partial charge in [0.1, 0.15) is 0 Å². The van der Waals surface area contributed by atoms with Crippen LogP contribution in [0.1, 0.15) is 12.8 Å². The van der Waals surface area contributed by atoms with Gasteiger partial charge in [0.05, 0.1) is 23.1 Å². The van der Waals surface area contributed by atoms with Gasteiger partial charge in [-0.2, -0.15) is 0 Å². The minimum atomic E-state index is -0.281. The standard InChI is InChI=1S/C15H19Cl2N3O2.ClH/c1-20(15(22)8-18-7-10-2-3-10)9-14(21)19-11-4-5-12(16)13(17)6-11;/h4-6,10,18H,2-3,7-9H2,1H3,(H,19,21);1H. The number of halogens is 3. The Hall–Kier alpha value is -1.01. The van der Waals surface area contributed by atoms with Gasteiger partial charge in [0.15, 0.2) is 0 Å². The average molecular weight is 381 g/mol. The van der Waals surface area contributed by atoms with Gasteiger partial charge in [0.25, 0.3) is 0 Å². The molecule has 8 heteroatoms. The van der Waals surface area contributed by atoms with E-state index in [0.29, 0.717) is 15.7 Å². The second-order valence-corrected chi connectivity index (χ2v) is 6.32. The molecule has 0 atom stereocenters. The topological polar surface area (TPSA) is 61.4 Å². The monoisotopic (exact) mass is 379 g/mol. The van der Waals surface area contributed by atoms with Crippen molar-refractivity contribution >= 4 is 53.1 Å². The van der Waals surface area contributed by atoms with E-state index in [-0.39, 0.29) is 37.3 Å². The Morgan fingerprint density at radius 1 is 1.26 bits per heavy atom. The molecule has 0 spiro atoms. The van der Waals surface area contributed by atoms with Crippen LogP contribution in [-0.2, 0) is 9.59 Å². The van der Waals surface area contributed by atoms with E-state index in [2.05, 4.69) is 10.6 Å². The summed E-state index contributed by atoms with van der Waals surface area (Å²) < 4.78 is 0.